The topological polar surface area (TPSA) is 78.9 Å². The smallest absolute Gasteiger partial charge is 0.306 e. The van der Waals surface area contributed by atoms with Gasteiger partial charge in [-0.25, -0.2) is 0 Å². The predicted octanol–water partition coefficient (Wildman–Crippen LogP) is 18.9. The molecular formula is C62H104O6. The molecule has 0 aliphatic carbocycles. The van der Waals surface area contributed by atoms with Crippen molar-refractivity contribution in [2.75, 3.05) is 13.2 Å². The summed E-state index contributed by atoms with van der Waals surface area (Å²) in [5.41, 5.74) is 0. The van der Waals surface area contributed by atoms with Crippen LogP contribution in [0.15, 0.2) is 97.2 Å². The summed E-state index contributed by atoms with van der Waals surface area (Å²) < 4.78 is 16.8. The van der Waals surface area contributed by atoms with E-state index in [1.807, 2.05) is 0 Å². The van der Waals surface area contributed by atoms with E-state index in [4.69, 9.17) is 14.2 Å². The van der Waals surface area contributed by atoms with Crippen LogP contribution in [0, 0.1) is 0 Å². The number of unbranched alkanes of at least 4 members (excludes halogenated alkanes) is 23. The first kappa shape index (κ1) is 64.3. The van der Waals surface area contributed by atoms with E-state index in [1.54, 1.807) is 0 Å². The maximum absolute atomic E-state index is 12.8. The van der Waals surface area contributed by atoms with Gasteiger partial charge in [0.2, 0.25) is 0 Å². The molecule has 0 saturated heterocycles. The molecule has 6 nitrogen and oxygen atoms in total. The highest BCUT2D eigenvalue weighted by atomic mass is 16.6. The van der Waals surface area contributed by atoms with Gasteiger partial charge >= 0.3 is 17.9 Å². The Morgan fingerprint density at radius 1 is 0.309 bits per heavy atom. The summed E-state index contributed by atoms with van der Waals surface area (Å²) in [6.07, 6.45) is 74.0. The number of rotatable bonds is 50. The normalized spacial score (nSPS) is 12.8. The Balaban J connectivity index is 4.50. The molecule has 0 aromatic carbocycles. The number of allylic oxidation sites excluding steroid dienone is 16. The van der Waals surface area contributed by atoms with Gasteiger partial charge in [0, 0.05) is 19.3 Å². The van der Waals surface area contributed by atoms with E-state index in [9.17, 15) is 14.4 Å². The van der Waals surface area contributed by atoms with E-state index in [1.165, 1.54) is 103 Å². The maximum Gasteiger partial charge on any atom is 0.306 e. The Bertz CT molecular complexity index is 1360. The van der Waals surface area contributed by atoms with Gasteiger partial charge in [0.05, 0.1) is 0 Å². The molecule has 0 spiro atoms. The molecule has 0 saturated carbocycles. The lowest BCUT2D eigenvalue weighted by Crippen LogP contribution is -2.30. The fraction of sp³-hybridized carbons (Fsp3) is 0.694. The number of carbonyl (C=O) groups is 3. The van der Waals surface area contributed by atoms with Crippen molar-refractivity contribution in [1.82, 2.24) is 0 Å². The monoisotopic (exact) mass is 945 g/mol. The Hall–Kier alpha value is -3.67. The van der Waals surface area contributed by atoms with Crippen molar-refractivity contribution in [3.8, 4) is 0 Å². The van der Waals surface area contributed by atoms with Crippen molar-refractivity contribution in [3.05, 3.63) is 97.2 Å². The van der Waals surface area contributed by atoms with Crippen LogP contribution < -0.4 is 0 Å². The number of hydrogen-bond donors (Lipinski definition) is 0. The van der Waals surface area contributed by atoms with Crippen molar-refractivity contribution in [2.45, 2.75) is 264 Å². The zero-order valence-corrected chi connectivity index (χ0v) is 44.3. The molecule has 1 atom stereocenters. The summed E-state index contributed by atoms with van der Waals surface area (Å²) in [5, 5.41) is 0. The minimum absolute atomic E-state index is 0.110. The molecule has 0 aromatic rings. The largest absolute Gasteiger partial charge is 0.462 e. The van der Waals surface area contributed by atoms with Gasteiger partial charge in [-0.1, -0.05) is 221 Å². The van der Waals surface area contributed by atoms with Gasteiger partial charge in [-0.15, -0.1) is 0 Å². The third-order valence-corrected chi connectivity index (χ3v) is 11.8. The molecule has 0 N–H and O–H groups in total. The van der Waals surface area contributed by atoms with E-state index in [-0.39, 0.29) is 37.5 Å². The lowest BCUT2D eigenvalue weighted by molar-refractivity contribution is -0.167. The first-order valence-electron chi connectivity index (χ1n) is 28.2. The zero-order valence-electron chi connectivity index (χ0n) is 44.3. The molecular weight excluding hydrogens is 841 g/mol. The first-order chi connectivity index (χ1) is 33.5. The summed E-state index contributed by atoms with van der Waals surface area (Å²) in [6, 6.07) is 0. The molecule has 388 valence electrons. The van der Waals surface area contributed by atoms with Crippen LogP contribution in [0.2, 0.25) is 0 Å². The van der Waals surface area contributed by atoms with Crippen LogP contribution >= 0.6 is 0 Å². The molecule has 0 aliphatic rings. The van der Waals surface area contributed by atoms with E-state index in [2.05, 4.69) is 118 Å². The fourth-order valence-corrected chi connectivity index (χ4v) is 7.56. The van der Waals surface area contributed by atoms with Gasteiger partial charge in [-0.2, -0.15) is 0 Å². The van der Waals surface area contributed by atoms with Crippen LogP contribution in [0.3, 0.4) is 0 Å². The van der Waals surface area contributed by atoms with Crippen molar-refractivity contribution < 1.29 is 28.6 Å². The third-order valence-electron chi connectivity index (χ3n) is 11.8. The Kier molecular flexibility index (Phi) is 52.9. The van der Waals surface area contributed by atoms with Crippen LogP contribution in [-0.4, -0.2) is 37.2 Å². The van der Waals surface area contributed by atoms with Crippen molar-refractivity contribution in [2.24, 2.45) is 0 Å². The molecule has 0 heterocycles. The average Bonchev–Trinajstić information content (AvgIpc) is 3.34. The number of ether oxygens (including phenoxy) is 3. The van der Waals surface area contributed by atoms with Crippen LogP contribution in [0.1, 0.15) is 258 Å². The average molecular weight is 946 g/mol. The molecule has 6 heteroatoms. The summed E-state index contributed by atoms with van der Waals surface area (Å²) in [5.74, 6) is -0.990. The highest BCUT2D eigenvalue weighted by Gasteiger charge is 2.19. The number of esters is 3. The quantitative estimate of drug-likeness (QED) is 0.0262. The maximum atomic E-state index is 12.8. The van der Waals surface area contributed by atoms with E-state index in [0.717, 1.165) is 109 Å². The van der Waals surface area contributed by atoms with E-state index >= 15 is 0 Å². The van der Waals surface area contributed by atoms with Crippen LogP contribution in [0.4, 0.5) is 0 Å². The number of hydrogen-bond acceptors (Lipinski definition) is 6. The lowest BCUT2D eigenvalue weighted by atomic mass is 10.1. The van der Waals surface area contributed by atoms with Gasteiger partial charge in [0.15, 0.2) is 6.10 Å². The zero-order chi connectivity index (χ0) is 49.3. The predicted molar refractivity (Wildman–Crippen MR) is 293 cm³/mol. The molecule has 0 amide bonds. The fourth-order valence-electron chi connectivity index (χ4n) is 7.56. The SMILES string of the molecule is CC/C=C\C/C=C\C/C=C\C/C=C\CCCCCCCCC(=O)OCC(COC(=O)CCCCC/C=C\CCCCCCCCC)OC(=O)CCC/C=C\C/C=C\C/C=C\CCCCCCCC. The third kappa shape index (κ3) is 53.3. The molecule has 1 unspecified atom stereocenters. The van der Waals surface area contributed by atoms with Crippen LogP contribution in [-0.2, 0) is 28.6 Å². The molecule has 0 aliphatic heterocycles. The summed E-state index contributed by atoms with van der Waals surface area (Å²) in [7, 11) is 0. The molecule has 68 heavy (non-hydrogen) atoms. The van der Waals surface area contributed by atoms with Crippen LogP contribution in [0.25, 0.3) is 0 Å². The van der Waals surface area contributed by atoms with Crippen molar-refractivity contribution in [1.29, 1.82) is 0 Å². The molecule has 0 fully saturated rings. The summed E-state index contributed by atoms with van der Waals surface area (Å²) in [6.45, 7) is 6.45. The van der Waals surface area contributed by atoms with Gasteiger partial charge < -0.3 is 14.2 Å². The highest BCUT2D eigenvalue weighted by Crippen LogP contribution is 2.13. The second-order valence-electron chi connectivity index (χ2n) is 18.5. The van der Waals surface area contributed by atoms with Gasteiger partial charge in [-0.3, -0.25) is 14.4 Å². The van der Waals surface area contributed by atoms with Gasteiger partial charge in [-0.05, 0) is 116 Å². The van der Waals surface area contributed by atoms with Gasteiger partial charge in [0.25, 0.3) is 0 Å². The summed E-state index contributed by atoms with van der Waals surface area (Å²) >= 11 is 0. The van der Waals surface area contributed by atoms with Crippen molar-refractivity contribution >= 4 is 17.9 Å². The molecule has 0 radical (unpaired) electrons. The van der Waals surface area contributed by atoms with Gasteiger partial charge in [0.1, 0.15) is 13.2 Å². The van der Waals surface area contributed by atoms with Crippen LogP contribution in [0.5, 0.6) is 0 Å². The second kappa shape index (κ2) is 55.9. The second-order valence-corrected chi connectivity index (χ2v) is 18.5. The Morgan fingerprint density at radius 2 is 0.588 bits per heavy atom. The lowest BCUT2D eigenvalue weighted by Gasteiger charge is -2.18. The standard InChI is InChI=1S/C62H104O6/c1-4-7-10-13-16-19-22-25-28-30-31-33-34-37-40-43-46-49-52-55-61(64)67-58-59(57-66-60(63)54-51-48-45-42-39-36-27-24-21-18-15-12-9-6-3)68-62(65)56-53-50-47-44-41-38-35-32-29-26-23-20-17-14-11-8-5-2/h7,10,16,19,25-26,28-29,31,33,35-36,38-39,44,47,59H,4-6,8-9,11-15,17-18,20-24,27,30,32,34,37,40-43,45-46,48-58H2,1-3H3/b10-7-,19-16-,28-25-,29-26-,33-31-,38-35-,39-36-,47-44-. The minimum Gasteiger partial charge on any atom is -0.462 e. The first-order valence-corrected chi connectivity index (χ1v) is 28.2. The number of carbonyl (C=O) groups excluding carboxylic acids is 3. The Labute approximate surface area is 419 Å². The highest BCUT2D eigenvalue weighted by molar-refractivity contribution is 5.71. The Morgan fingerprint density at radius 3 is 0.971 bits per heavy atom. The van der Waals surface area contributed by atoms with E-state index in [0.29, 0.717) is 19.3 Å². The van der Waals surface area contributed by atoms with Crippen molar-refractivity contribution in [3.63, 3.8) is 0 Å². The summed E-state index contributed by atoms with van der Waals surface area (Å²) in [4.78, 5) is 38.1. The molecule has 0 rings (SSSR count). The minimum atomic E-state index is -0.817. The van der Waals surface area contributed by atoms with E-state index < -0.39 is 6.10 Å². The molecule has 0 bridgehead atoms. The molecule has 0 aromatic heterocycles.